The molecule has 0 spiro atoms. The maximum Gasteiger partial charge on any atom is 0.178 e. The van der Waals surface area contributed by atoms with Gasteiger partial charge in [-0.1, -0.05) is 25.5 Å². The van der Waals surface area contributed by atoms with Crippen molar-refractivity contribution in [3.63, 3.8) is 0 Å². The van der Waals surface area contributed by atoms with Gasteiger partial charge in [0, 0.05) is 17.3 Å². The van der Waals surface area contributed by atoms with Crippen molar-refractivity contribution in [1.82, 2.24) is 0 Å². The van der Waals surface area contributed by atoms with Crippen LogP contribution in [-0.4, -0.2) is 34.5 Å². The number of Topliss-reactive ketones (excluding diaryl/α,β-unsaturated/α-hetero) is 1. The molecule has 25 heavy (non-hydrogen) atoms. The second kappa shape index (κ2) is 5.62. The van der Waals surface area contributed by atoms with E-state index in [0.29, 0.717) is 18.3 Å². The van der Waals surface area contributed by atoms with Crippen molar-refractivity contribution in [1.29, 1.82) is 0 Å². The third-order valence-corrected chi connectivity index (χ3v) is 8.04. The number of hydrogen-bond acceptors (Lipinski definition) is 4. The molecule has 0 aliphatic heterocycles. The van der Waals surface area contributed by atoms with Gasteiger partial charge in [0.1, 0.15) is 6.61 Å². The summed E-state index contributed by atoms with van der Waals surface area (Å²) >= 11 is 0. The summed E-state index contributed by atoms with van der Waals surface area (Å²) in [7, 11) is 0. The Labute approximate surface area is 149 Å². The Morgan fingerprint density at radius 1 is 1.28 bits per heavy atom. The summed E-state index contributed by atoms with van der Waals surface area (Å²) in [5, 5.41) is 20.5. The first-order chi connectivity index (χ1) is 11.8. The number of carbonyl (C=O) groups excluding carboxylic acids is 2. The molecule has 0 heterocycles. The molecule has 4 aliphatic rings. The lowest BCUT2D eigenvalue weighted by atomic mass is 9.46. The van der Waals surface area contributed by atoms with Crippen molar-refractivity contribution in [2.45, 2.75) is 52.1 Å². The van der Waals surface area contributed by atoms with Crippen molar-refractivity contribution in [3.05, 3.63) is 23.8 Å². The quantitative estimate of drug-likeness (QED) is 0.807. The normalized spacial score (nSPS) is 48.4. The maximum atomic E-state index is 12.3. The van der Waals surface area contributed by atoms with Gasteiger partial charge in [-0.05, 0) is 61.5 Å². The second-order valence-corrected chi connectivity index (χ2v) is 9.05. The van der Waals surface area contributed by atoms with E-state index in [9.17, 15) is 19.8 Å². The molecule has 7 atom stereocenters. The van der Waals surface area contributed by atoms with Gasteiger partial charge in [0.05, 0.1) is 6.10 Å². The van der Waals surface area contributed by atoms with Crippen LogP contribution in [0.2, 0.25) is 0 Å². The van der Waals surface area contributed by atoms with Crippen LogP contribution >= 0.6 is 0 Å². The number of ketones is 2. The van der Waals surface area contributed by atoms with Gasteiger partial charge in [-0.3, -0.25) is 9.59 Å². The van der Waals surface area contributed by atoms with Crippen LogP contribution in [0.1, 0.15) is 46.0 Å². The first-order valence-electron chi connectivity index (χ1n) is 9.57. The van der Waals surface area contributed by atoms with E-state index in [-0.39, 0.29) is 34.2 Å². The molecule has 4 heteroatoms. The highest BCUT2D eigenvalue weighted by Gasteiger charge is 2.62. The Morgan fingerprint density at radius 3 is 2.76 bits per heavy atom. The lowest BCUT2D eigenvalue weighted by Gasteiger charge is -2.58. The van der Waals surface area contributed by atoms with Crippen LogP contribution in [0.5, 0.6) is 0 Å². The van der Waals surface area contributed by atoms with Crippen LogP contribution in [0.3, 0.4) is 0 Å². The lowest BCUT2D eigenvalue weighted by molar-refractivity contribution is -0.141. The molecule has 2 N–H and O–H groups in total. The van der Waals surface area contributed by atoms with Crippen molar-refractivity contribution in [2.75, 3.05) is 6.61 Å². The zero-order valence-corrected chi connectivity index (χ0v) is 15.1. The van der Waals surface area contributed by atoms with Gasteiger partial charge in [0.25, 0.3) is 0 Å². The Kier molecular flexibility index (Phi) is 3.86. The van der Waals surface area contributed by atoms with Crippen molar-refractivity contribution < 1.29 is 19.8 Å². The monoisotopic (exact) mass is 344 g/mol. The Bertz CT molecular complexity index is 677. The summed E-state index contributed by atoms with van der Waals surface area (Å²) in [6.45, 7) is 3.92. The zero-order valence-electron chi connectivity index (χ0n) is 15.1. The fourth-order valence-electron chi connectivity index (χ4n) is 6.96. The summed E-state index contributed by atoms with van der Waals surface area (Å²) in [6.07, 6.45) is 9.25. The summed E-state index contributed by atoms with van der Waals surface area (Å²) < 4.78 is 0. The number of allylic oxidation sites excluding steroid dienone is 4. The highest BCUT2D eigenvalue weighted by Crippen LogP contribution is 2.65. The van der Waals surface area contributed by atoms with Gasteiger partial charge >= 0.3 is 0 Å². The summed E-state index contributed by atoms with van der Waals surface area (Å²) in [4.78, 5) is 24.1. The van der Waals surface area contributed by atoms with Crippen molar-refractivity contribution in [2.24, 2.45) is 34.5 Å². The van der Waals surface area contributed by atoms with Crippen LogP contribution in [0, 0.1) is 34.5 Å². The van der Waals surface area contributed by atoms with E-state index in [0.717, 1.165) is 31.3 Å². The molecule has 0 bridgehead atoms. The minimum Gasteiger partial charge on any atom is -0.393 e. The standard InChI is InChI=1S/C21H28O4/c1-20-8-7-13(23)9-12(20)3-4-14-15-5-6-16(18(25)11-22)21(15,2)10-17(24)19(14)20/h7-9,14-17,19,22,24H,3-6,10-11H2,1-2H3/t14-,15-,16+,17-,19+,20-,21-/m0/s1. The number of fused-ring (bicyclic) bond motifs is 5. The molecule has 0 radical (unpaired) electrons. The molecule has 3 saturated carbocycles. The second-order valence-electron chi connectivity index (χ2n) is 9.05. The molecule has 0 amide bonds. The van der Waals surface area contributed by atoms with E-state index in [1.54, 1.807) is 12.2 Å². The molecule has 0 aromatic rings. The van der Waals surface area contributed by atoms with Gasteiger partial charge in [0.15, 0.2) is 11.6 Å². The third-order valence-electron chi connectivity index (χ3n) is 8.04. The summed E-state index contributed by atoms with van der Waals surface area (Å²) in [6, 6.07) is 0. The predicted octanol–water partition coefficient (Wildman–Crippen LogP) is 2.44. The smallest absolute Gasteiger partial charge is 0.178 e. The van der Waals surface area contributed by atoms with Gasteiger partial charge < -0.3 is 10.2 Å². The Morgan fingerprint density at radius 2 is 2.04 bits per heavy atom. The van der Waals surface area contributed by atoms with Crippen molar-refractivity contribution >= 4 is 11.6 Å². The van der Waals surface area contributed by atoms with E-state index in [2.05, 4.69) is 13.8 Å². The maximum absolute atomic E-state index is 12.3. The van der Waals surface area contributed by atoms with E-state index in [4.69, 9.17) is 0 Å². The highest BCUT2D eigenvalue weighted by atomic mass is 16.3. The Balaban J connectivity index is 1.71. The average Bonchev–Trinajstić information content (AvgIpc) is 2.91. The molecular formula is C21H28O4. The van der Waals surface area contributed by atoms with Crippen LogP contribution in [0.25, 0.3) is 0 Å². The Hall–Kier alpha value is -1.26. The number of aliphatic hydroxyl groups excluding tert-OH is 2. The topological polar surface area (TPSA) is 74.6 Å². The first kappa shape index (κ1) is 17.2. The number of hydrogen-bond donors (Lipinski definition) is 2. The predicted molar refractivity (Wildman–Crippen MR) is 93.6 cm³/mol. The van der Waals surface area contributed by atoms with Gasteiger partial charge in [-0.25, -0.2) is 0 Å². The van der Waals surface area contributed by atoms with E-state index in [1.165, 1.54) is 0 Å². The van der Waals surface area contributed by atoms with Crippen molar-refractivity contribution in [3.8, 4) is 0 Å². The first-order valence-corrected chi connectivity index (χ1v) is 9.57. The molecule has 4 nitrogen and oxygen atoms in total. The molecule has 136 valence electrons. The molecule has 0 aromatic heterocycles. The molecule has 0 unspecified atom stereocenters. The molecule has 3 fully saturated rings. The van der Waals surface area contributed by atoms with Crippen LogP contribution in [0.4, 0.5) is 0 Å². The fraction of sp³-hybridized carbons (Fsp3) is 0.714. The molecule has 0 saturated heterocycles. The van der Waals surface area contributed by atoms with Crippen LogP contribution in [-0.2, 0) is 9.59 Å². The zero-order chi connectivity index (χ0) is 18.0. The minimum atomic E-state index is -0.482. The highest BCUT2D eigenvalue weighted by molar-refractivity contribution is 6.01. The van der Waals surface area contributed by atoms with E-state index < -0.39 is 12.7 Å². The molecule has 0 aromatic carbocycles. The minimum absolute atomic E-state index is 0.0514. The van der Waals surface area contributed by atoms with Gasteiger partial charge in [0.2, 0.25) is 0 Å². The van der Waals surface area contributed by atoms with Crippen LogP contribution < -0.4 is 0 Å². The third kappa shape index (κ3) is 2.26. The molecular weight excluding hydrogens is 316 g/mol. The van der Waals surface area contributed by atoms with Crippen LogP contribution in [0.15, 0.2) is 23.8 Å². The number of aliphatic hydroxyl groups is 2. The van der Waals surface area contributed by atoms with Gasteiger partial charge in [-0.2, -0.15) is 0 Å². The molecule has 4 aliphatic carbocycles. The fourth-order valence-corrected chi connectivity index (χ4v) is 6.96. The molecule has 4 rings (SSSR count). The number of carbonyl (C=O) groups is 2. The summed E-state index contributed by atoms with van der Waals surface area (Å²) in [5.41, 5.74) is 0.688. The lowest BCUT2D eigenvalue weighted by Crippen LogP contribution is -2.56. The SMILES string of the molecule is C[C@]12C[C@H](O)[C@H]3[C@@H](CCC4=CC(=O)C=C[C@@]43C)[C@@H]1CC[C@@H]2C(=O)CO. The summed E-state index contributed by atoms with van der Waals surface area (Å²) in [5.74, 6) is 0.734. The van der Waals surface area contributed by atoms with E-state index >= 15 is 0 Å². The largest absolute Gasteiger partial charge is 0.393 e. The van der Waals surface area contributed by atoms with E-state index in [1.807, 2.05) is 6.08 Å². The average molecular weight is 344 g/mol. The number of rotatable bonds is 2. The van der Waals surface area contributed by atoms with Gasteiger partial charge in [-0.15, -0.1) is 0 Å².